The zero-order chi connectivity index (χ0) is 16.2. The van der Waals surface area contributed by atoms with Crippen LogP contribution in [-0.2, 0) is 6.54 Å². The molecule has 1 N–H and O–H groups in total. The normalized spacial score (nSPS) is 12.3. The van der Waals surface area contributed by atoms with Crippen LogP contribution in [0.3, 0.4) is 0 Å². The van der Waals surface area contributed by atoms with E-state index in [-0.39, 0.29) is 12.0 Å². The Morgan fingerprint density at radius 3 is 2.24 bits per heavy atom. The lowest BCUT2D eigenvalue weighted by Crippen LogP contribution is -2.39. The Kier molecular flexibility index (Phi) is 6.01. The Labute approximate surface area is 124 Å². The quantitative estimate of drug-likeness (QED) is 0.868. The molecule has 6 heteroatoms. The fourth-order valence-electron chi connectivity index (χ4n) is 2.06. The van der Waals surface area contributed by atoms with Crippen molar-refractivity contribution >= 4 is 5.82 Å². The minimum atomic E-state index is -4.25. The van der Waals surface area contributed by atoms with Gasteiger partial charge in [-0.3, -0.25) is 0 Å². The molecule has 0 spiro atoms. The van der Waals surface area contributed by atoms with Gasteiger partial charge in [-0.25, -0.2) is 4.98 Å². The summed E-state index contributed by atoms with van der Waals surface area (Å²) in [6, 6.07) is 3.40. The monoisotopic (exact) mass is 303 g/mol. The maximum Gasteiger partial charge on any atom is 0.405 e. The second-order valence-corrected chi connectivity index (χ2v) is 5.78. The van der Waals surface area contributed by atoms with Gasteiger partial charge in [-0.15, -0.1) is 0 Å². The third-order valence-electron chi connectivity index (χ3n) is 3.13. The molecular formula is C15H24F3N3. The maximum atomic E-state index is 12.8. The van der Waals surface area contributed by atoms with Crippen LogP contribution in [0.15, 0.2) is 12.1 Å². The summed E-state index contributed by atoms with van der Waals surface area (Å²) in [6.07, 6.45) is -4.25. The third kappa shape index (κ3) is 5.53. The van der Waals surface area contributed by atoms with Crippen LogP contribution in [0.1, 0.15) is 44.9 Å². The number of halogens is 3. The Bertz CT molecular complexity index is 456. The fourth-order valence-corrected chi connectivity index (χ4v) is 2.06. The number of hydrogen-bond donors (Lipinski definition) is 1. The van der Waals surface area contributed by atoms with Crippen molar-refractivity contribution in [1.29, 1.82) is 0 Å². The van der Waals surface area contributed by atoms with Gasteiger partial charge in [0, 0.05) is 18.3 Å². The van der Waals surface area contributed by atoms with E-state index in [4.69, 9.17) is 0 Å². The molecule has 0 bridgehead atoms. The number of aromatic nitrogens is 1. The molecule has 1 heterocycles. The zero-order valence-electron chi connectivity index (χ0n) is 13.3. The molecule has 1 aromatic heterocycles. The van der Waals surface area contributed by atoms with Crippen molar-refractivity contribution in [3.05, 3.63) is 23.4 Å². The number of anilines is 1. The molecule has 0 atom stereocenters. The first-order chi connectivity index (χ1) is 9.64. The molecule has 120 valence electrons. The van der Waals surface area contributed by atoms with Gasteiger partial charge in [0.1, 0.15) is 12.4 Å². The molecule has 0 unspecified atom stereocenters. The number of nitrogens with one attached hydrogen (secondary N) is 1. The largest absolute Gasteiger partial charge is 0.405 e. The zero-order valence-corrected chi connectivity index (χ0v) is 13.3. The van der Waals surface area contributed by atoms with E-state index in [1.165, 1.54) is 4.90 Å². The van der Waals surface area contributed by atoms with Crippen molar-refractivity contribution in [1.82, 2.24) is 10.3 Å². The lowest BCUT2D eigenvalue weighted by atomic mass is 10.1. The first-order valence-corrected chi connectivity index (χ1v) is 7.13. The van der Waals surface area contributed by atoms with Crippen LogP contribution in [0.25, 0.3) is 0 Å². The van der Waals surface area contributed by atoms with E-state index in [0.29, 0.717) is 12.4 Å². The Hall–Kier alpha value is -1.30. The van der Waals surface area contributed by atoms with E-state index in [2.05, 4.69) is 10.3 Å². The molecule has 0 aliphatic carbocycles. The number of nitrogens with zero attached hydrogens (tertiary/aromatic N) is 2. The molecule has 3 nitrogen and oxygen atoms in total. The summed E-state index contributed by atoms with van der Waals surface area (Å²) in [5, 5.41) is 3.03. The molecule has 0 amide bonds. The van der Waals surface area contributed by atoms with Gasteiger partial charge in [-0.2, -0.15) is 13.2 Å². The molecular weight excluding hydrogens is 279 g/mol. The van der Waals surface area contributed by atoms with Crippen molar-refractivity contribution in [2.24, 2.45) is 0 Å². The number of pyridine rings is 1. The van der Waals surface area contributed by atoms with Crippen LogP contribution in [0, 0.1) is 0 Å². The van der Waals surface area contributed by atoms with Crippen LogP contribution in [-0.4, -0.2) is 30.8 Å². The van der Waals surface area contributed by atoms with Gasteiger partial charge in [-0.05, 0) is 44.5 Å². The molecule has 21 heavy (non-hydrogen) atoms. The minimum Gasteiger partial charge on any atom is -0.345 e. The molecule has 0 saturated heterocycles. The third-order valence-corrected chi connectivity index (χ3v) is 3.13. The van der Waals surface area contributed by atoms with Crippen LogP contribution in [0.2, 0.25) is 0 Å². The van der Waals surface area contributed by atoms with Gasteiger partial charge in [-0.1, -0.05) is 13.8 Å². The van der Waals surface area contributed by atoms with Crippen LogP contribution < -0.4 is 10.2 Å². The summed E-state index contributed by atoms with van der Waals surface area (Å²) in [5.74, 6) is 0.555. The Morgan fingerprint density at radius 1 is 1.19 bits per heavy atom. The van der Waals surface area contributed by atoms with Gasteiger partial charge in [0.05, 0.1) is 0 Å². The van der Waals surface area contributed by atoms with Crippen molar-refractivity contribution in [2.45, 2.75) is 52.4 Å². The number of alkyl halides is 3. The summed E-state index contributed by atoms with van der Waals surface area (Å²) in [4.78, 5) is 5.72. The highest BCUT2D eigenvalue weighted by Crippen LogP contribution is 2.26. The molecule has 0 aliphatic heterocycles. The topological polar surface area (TPSA) is 28.2 Å². The predicted octanol–water partition coefficient (Wildman–Crippen LogP) is 3.70. The molecule has 0 aromatic carbocycles. The summed E-state index contributed by atoms with van der Waals surface area (Å²) in [5.41, 5.74) is 1.75. The molecule has 1 rings (SSSR count). The lowest BCUT2D eigenvalue weighted by molar-refractivity contribution is -0.120. The fraction of sp³-hybridized carbons (Fsp3) is 0.667. The first kappa shape index (κ1) is 17.8. The van der Waals surface area contributed by atoms with Crippen molar-refractivity contribution in [3.63, 3.8) is 0 Å². The van der Waals surface area contributed by atoms with E-state index >= 15 is 0 Å². The number of rotatable bonds is 6. The standard InChI is InChI=1S/C15H24F3N3/c1-10(2)13-6-12(8-19-5)7-14(20-13)21(11(3)4)9-15(16,17)18/h6-7,10-11,19H,8-9H2,1-5H3. The van der Waals surface area contributed by atoms with E-state index in [1.807, 2.05) is 27.0 Å². The average molecular weight is 303 g/mol. The molecule has 0 aliphatic rings. The molecule has 0 radical (unpaired) electrons. The molecule has 0 fully saturated rings. The summed E-state index contributed by atoms with van der Waals surface area (Å²) in [7, 11) is 1.81. The molecule has 1 aromatic rings. The number of hydrogen-bond acceptors (Lipinski definition) is 3. The summed E-state index contributed by atoms with van der Waals surface area (Å²) < 4.78 is 38.3. The van der Waals surface area contributed by atoms with Crippen molar-refractivity contribution in [3.8, 4) is 0 Å². The Balaban J connectivity index is 3.22. The lowest BCUT2D eigenvalue weighted by Gasteiger charge is -2.30. The van der Waals surface area contributed by atoms with Gasteiger partial charge in [0.25, 0.3) is 0 Å². The maximum absolute atomic E-state index is 12.8. The smallest absolute Gasteiger partial charge is 0.345 e. The first-order valence-electron chi connectivity index (χ1n) is 7.13. The highest BCUT2D eigenvalue weighted by Gasteiger charge is 2.32. The van der Waals surface area contributed by atoms with E-state index in [0.717, 1.165) is 11.3 Å². The van der Waals surface area contributed by atoms with E-state index in [9.17, 15) is 13.2 Å². The van der Waals surface area contributed by atoms with Crippen LogP contribution in [0.4, 0.5) is 19.0 Å². The van der Waals surface area contributed by atoms with Crippen molar-refractivity contribution in [2.75, 3.05) is 18.5 Å². The van der Waals surface area contributed by atoms with Gasteiger partial charge >= 0.3 is 6.18 Å². The highest BCUT2D eigenvalue weighted by atomic mass is 19.4. The van der Waals surface area contributed by atoms with Crippen LogP contribution >= 0.6 is 0 Å². The summed E-state index contributed by atoms with van der Waals surface area (Å²) in [6.45, 7) is 7.07. The SMILES string of the molecule is CNCc1cc(C(C)C)nc(N(CC(F)(F)F)C(C)C)c1. The Morgan fingerprint density at radius 2 is 1.81 bits per heavy atom. The minimum absolute atomic E-state index is 0.167. The van der Waals surface area contributed by atoms with Crippen molar-refractivity contribution < 1.29 is 13.2 Å². The molecule has 0 saturated carbocycles. The van der Waals surface area contributed by atoms with Gasteiger partial charge in [0.2, 0.25) is 0 Å². The van der Waals surface area contributed by atoms with Crippen LogP contribution in [0.5, 0.6) is 0 Å². The second-order valence-electron chi connectivity index (χ2n) is 5.78. The van der Waals surface area contributed by atoms with E-state index in [1.54, 1.807) is 19.9 Å². The average Bonchev–Trinajstić information content (AvgIpc) is 2.34. The second kappa shape index (κ2) is 7.11. The van der Waals surface area contributed by atoms with Gasteiger partial charge < -0.3 is 10.2 Å². The van der Waals surface area contributed by atoms with Gasteiger partial charge in [0.15, 0.2) is 0 Å². The van der Waals surface area contributed by atoms with E-state index < -0.39 is 12.7 Å². The predicted molar refractivity (Wildman–Crippen MR) is 79.6 cm³/mol. The highest BCUT2D eigenvalue weighted by molar-refractivity contribution is 5.44. The summed E-state index contributed by atoms with van der Waals surface area (Å²) >= 11 is 0.